The maximum Gasteiger partial charge on any atom is 0.332 e. The van der Waals surface area contributed by atoms with Gasteiger partial charge in [0.1, 0.15) is 5.39 Å². The first kappa shape index (κ1) is 14.0. The molecule has 1 amide bonds. The largest absolute Gasteiger partial charge is 0.332 e. The zero-order valence-corrected chi connectivity index (χ0v) is 11.6. The fourth-order valence-electron chi connectivity index (χ4n) is 2.27. The predicted molar refractivity (Wildman–Crippen MR) is 76.0 cm³/mol. The number of nitrogens with one attached hydrogen (secondary N) is 1. The van der Waals surface area contributed by atoms with E-state index in [1.165, 1.54) is 10.8 Å². The molecule has 0 saturated carbocycles. The Morgan fingerprint density at radius 1 is 1.25 bits per heavy atom. The molecule has 2 aromatic heterocycles. The van der Waals surface area contributed by atoms with E-state index in [2.05, 4.69) is 10.3 Å². The molecular formula is C13H16N4O3. The number of carbonyl (C=O) groups is 1. The summed E-state index contributed by atoms with van der Waals surface area (Å²) >= 11 is 0. The van der Waals surface area contributed by atoms with Crippen LogP contribution in [0, 0.1) is 6.92 Å². The highest BCUT2D eigenvalue weighted by molar-refractivity contribution is 5.94. The quantitative estimate of drug-likeness (QED) is 0.823. The predicted octanol–water partition coefficient (Wildman–Crippen LogP) is 0.475. The van der Waals surface area contributed by atoms with Crippen LogP contribution in [0.25, 0.3) is 11.0 Å². The molecule has 0 aliphatic carbocycles. The lowest BCUT2D eigenvalue weighted by Crippen LogP contribution is -2.40. The minimum Gasteiger partial charge on any atom is -0.328 e. The van der Waals surface area contributed by atoms with Crippen LogP contribution in [0.3, 0.4) is 0 Å². The van der Waals surface area contributed by atoms with Gasteiger partial charge in [-0.2, -0.15) is 0 Å². The molecule has 7 nitrogen and oxygen atoms in total. The van der Waals surface area contributed by atoms with E-state index in [0.29, 0.717) is 29.9 Å². The van der Waals surface area contributed by atoms with Crippen molar-refractivity contribution in [1.29, 1.82) is 0 Å². The van der Waals surface area contributed by atoms with Gasteiger partial charge in [0.15, 0.2) is 5.65 Å². The van der Waals surface area contributed by atoms with E-state index in [1.54, 1.807) is 20.8 Å². The molecule has 0 aliphatic rings. The Bertz CT molecular complexity index is 789. The molecule has 0 radical (unpaired) electrons. The number of aryl methyl sites for hydroxylation is 2. The first-order chi connectivity index (χ1) is 9.56. The lowest BCUT2D eigenvalue weighted by Gasteiger charge is -2.14. The third kappa shape index (κ3) is 1.91. The van der Waals surface area contributed by atoms with Gasteiger partial charge in [-0.15, -0.1) is 0 Å². The molecule has 0 spiro atoms. The van der Waals surface area contributed by atoms with E-state index in [0.717, 1.165) is 4.57 Å². The van der Waals surface area contributed by atoms with Crippen LogP contribution in [0.4, 0.5) is 5.69 Å². The van der Waals surface area contributed by atoms with Gasteiger partial charge in [0, 0.05) is 19.3 Å². The van der Waals surface area contributed by atoms with Gasteiger partial charge in [-0.3, -0.25) is 18.7 Å². The van der Waals surface area contributed by atoms with E-state index in [9.17, 15) is 14.4 Å². The molecule has 0 aromatic carbocycles. The Morgan fingerprint density at radius 3 is 2.45 bits per heavy atom. The smallest absolute Gasteiger partial charge is 0.328 e. The minimum absolute atomic E-state index is 0.264. The van der Waals surface area contributed by atoms with Crippen LogP contribution in [0.5, 0.6) is 0 Å². The molecule has 0 bridgehead atoms. The number of rotatable bonds is 4. The zero-order valence-electron chi connectivity index (χ0n) is 11.6. The number of hydrogen-bond acceptors (Lipinski definition) is 4. The average molecular weight is 276 g/mol. The third-order valence-corrected chi connectivity index (χ3v) is 3.26. The molecule has 7 heteroatoms. The number of amides is 1. The van der Waals surface area contributed by atoms with Crippen molar-refractivity contribution in [2.45, 2.75) is 33.9 Å². The second-order valence-corrected chi connectivity index (χ2v) is 4.35. The van der Waals surface area contributed by atoms with Crippen LogP contribution in [0.15, 0.2) is 15.8 Å². The van der Waals surface area contributed by atoms with Gasteiger partial charge in [0.2, 0.25) is 6.41 Å². The Hall–Kier alpha value is -2.44. The summed E-state index contributed by atoms with van der Waals surface area (Å²) in [6.45, 7) is 5.94. The Labute approximate surface area is 114 Å². The first-order valence-corrected chi connectivity index (χ1v) is 6.39. The van der Waals surface area contributed by atoms with Gasteiger partial charge in [0.05, 0.1) is 5.69 Å². The molecule has 2 rings (SSSR count). The zero-order chi connectivity index (χ0) is 14.9. The van der Waals surface area contributed by atoms with Crippen LogP contribution in [-0.2, 0) is 17.9 Å². The summed E-state index contributed by atoms with van der Waals surface area (Å²) in [4.78, 5) is 39.6. The molecule has 106 valence electrons. The summed E-state index contributed by atoms with van der Waals surface area (Å²) in [6, 6.07) is 0. The van der Waals surface area contributed by atoms with Gasteiger partial charge in [0.25, 0.3) is 5.56 Å². The molecule has 0 unspecified atom stereocenters. The van der Waals surface area contributed by atoms with Crippen LogP contribution in [-0.4, -0.2) is 20.5 Å². The van der Waals surface area contributed by atoms with E-state index in [4.69, 9.17) is 0 Å². The summed E-state index contributed by atoms with van der Waals surface area (Å²) in [5.41, 5.74) is 0.547. The van der Waals surface area contributed by atoms with E-state index in [1.807, 2.05) is 0 Å². The SMILES string of the molecule is CCn1c(=O)c2c(NC=O)c(C)cnc2n(CC)c1=O. The van der Waals surface area contributed by atoms with Crippen molar-refractivity contribution in [2.24, 2.45) is 0 Å². The summed E-state index contributed by atoms with van der Waals surface area (Å²) in [6.07, 6.45) is 2.05. The molecule has 2 aromatic rings. The number of pyridine rings is 1. The molecular weight excluding hydrogens is 260 g/mol. The van der Waals surface area contributed by atoms with Gasteiger partial charge in [-0.1, -0.05) is 0 Å². The highest BCUT2D eigenvalue weighted by atomic mass is 16.2. The van der Waals surface area contributed by atoms with Gasteiger partial charge < -0.3 is 5.32 Å². The van der Waals surface area contributed by atoms with Gasteiger partial charge in [-0.05, 0) is 26.3 Å². The van der Waals surface area contributed by atoms with Crippen LogP contribution >= 0.6 is 0 Å². The molecule has 0 saturated heterocycles. The number of carbonyl (C=O) groups excluding carboxylic acids is 1. The van der Waals surface area contributed by atoms with Crippen LogP contribution < -0.4 is 16.6 Å². The van der Waals surface area contributed by atoms with Crippen molar-refractivity contribution in [3.05, 3.63) is 32.6 Å². The third-order valence-electron chi connectivity index (χ3n) is 3.26. The summed E-state index contributed by atoms with van der Waals surface area (Å²) < 4.78 is 2.57. The topological polar surface area (TPSA) is 86.0 Å². The normalized spacial score (nSPS) is 10.8. The fraction of sp³-hybridized carbons (Fsp3) is 0.385. The Kier molecular flexibility index (Phi) is 3.69. The molecule has 20 heavy (non-hydrogen) atoms. The van der Waals surface area contributed by atoms with Crippen molar-refractivity contribution in [2.75, 3.05) is 5.32 Å². The molecule has 0 fully saturated rings. The van der Waals surface area contributed by atoms with Crippen molar-refractivity contribution < 1.29 is 4.79 Å². The lowest BCUT2D eigenvalue weighted by atomic mass is 10.2. The molecule has 0 aliphatic heterocycles. The maximum absolute atomic E-state index is 12.5. The van der Waals surface area contributed by atoms with Crippen molar-refractivity contribution in [3.8, 4) is 0 Å². The highest BCUT2D eigenvalue weighted by Crippen LogP contribution is 2.21. The van der Waals surface area contributed by atoms with E-state index >= 15 is 0 Å². The lowest BCUT2D eigenvalue weighted by molar-refractivity contribution is -0.105. The first-order valence-electron chi connectivity index (χ1n) is 6.39. The van der Waals surface area contributed by atoms with Crippen molar-refractivity contribution >= 4 is 23.1 Å². The average Bonchev–Trinajstić information content (AvgIpc) is 2.43. The minimum atomic E-state index is -0.433. The summed E-state index contributed by atoms with van der Waals surface area (Å²) in [7, 11) is 0. The molecule has 0 atom stereocenters. The maximum atomic E-state index is 12.5. The summed E-state index contributed by atoms with van der Waals surface area (Å²) in [5, 5.41) is 2.80. The molecule has 2 heterocycles. The molecule has 1 N–H and O–H groups in total. The standard InChI is InChI=1S/C13H16N4O3/c1-4-16-11-9(12(19)17(5-2)13(16)20)10(15-7-18)8(3)6-14-11/h6-7H,4-5H2,1-3H3,(H,14,15,18). The second-order valence-electron chi connectivity index (χ2n) is 4.35. The van der Waals surface area contributed by atoms with Crippen LogP contribution in [0.1, 0.15) is 19.4 Å². The van der Waals surface area contributed by atoms with Crippen molar-refractivity contribution in [1.82, 2.24) is 14.1 Å². The second kappa shape index (κ2) is 5.28. The van der Waals surface area contributed by atoms with E-state index < -0.39 is 5.56 Å². The number of nitrogens with zero attached hydrogens (tertiary/aromatic N) is 3. The Morgan fingerprint density at radius 2 is 1.90 bits per heavy atom. The number of aromatic nitrogens is 3. The Balaban J connectivity index is 3.10. The highest BCUT2D eigenvalue weighted by Gasteiger charge is 2.17. The van der Waals surface area contributed by atoms with E-state index in [-0.39, 0.29) is 17.6 Å². The fourth-order valence-corrected chi connectivity index (χ4v) is 2.27. The van der Waals surface area contributed by atoms with Gasteiger partial charge in [-0.25, -0.2) is 9.78 Å². The monoisotopic (exact) mass is 276 g/mol. The number of hydrogen-bond donors (Lipinski definition) is 1. The summed E-state index contributed by atoms with van der Waals surface area (Å²) in [5.74, 6) is 0. The number of fused-ring (bicyclic) bond motifs is 1. The van der Waals surface area contributed by atoms with Crippen LogP contribution in [0.2, 0.25) is 0 Å². The van der Waals surface area contributed by atoms with Gasteiger partial charge >= 0.3 is 5.69 Å². The van der Waals surface area contributed by atoms with Crippen molar-refractivity contribution in [3.63, 3.8) is 0 Å². The number of anilines is 1.